The van der Waals surface area contributed by atoms with E-state index in [1.807, 2.05) is 23.5 Å². The minimum Gasteiger partial charge on any atom is -0.228 e. The van der Waals surface area contributed by atoms with Crippen LogP contribution in [0.3, 0.4) is 0 Å². The Morgan fingerprint density at radius 3 is 1.53 bits per heavy atom. The first-order valence-corrected chi connectivity index (χ1v) is 15.3. The summed E-state index contributed by atoms with van der Waals surface area (Å²) in [6.45, 7) is 0. The molecular formula is C40H24N2S. The quantitative estimate of drug-likeness (QED) is 0.199. The average Bonchev–Trinajstić information content (AvgIpc) is 3.45. The molecule has 0 unspecified atom stereocenters. The molecule has 0 radical (unpaired) electrons. The smallest absolute Gasteiger partial charge is 0.160 e. The van der Waals surface area contributed by atoms with E-state index in [-0.39, 0.29) is 0 Å². The third-order valence-electron chi connectivity index (χ3n) is 8.46. The van der Waals surface area contributed by atoms with Crippen molar-refractivity contribution >= 4 is 63.8 Å². The van der Waals surface area contributed by atoms with E-state index in [0.717, 1.165) is 33.9 Å². The molecule has 2 nitrogen and oxygen atoms in total. The van der Waals surface area contributed by atoms with Gasteiger partial charge in [0, 0.05) is 36.9 Å². The lowest BCUT2D eigenvalue weighted by Gasteiger charge is -2.13. The number of rotatable bonds is 3. The molecule has 2 heterocycles. The van der Waals surface area contributed by atoms with Crippen molar-refractivity contribution in [3.63, 3.8) is 0 Å². The summed E-state index contributed by atoms with van der Waals surface area (Å²) in [5.41, 5.74) is 5.00. The lowest BCUT2D eigenvalue weighted by molar-refractivity contribution is 1.18. The van der Waals surface area contributed by atoms with E-state index in [0.29, 0.717) is 0 Å². The highest BCUT2D eigenvalue weighted by Crippen LogP contribution is 2.42. The number of aromatic nitrogens is 2. The molecular weight excluding hydrogens is 541 g/mol. The fourth-order valence-electron chi connectivity index (χ4n) is 6.40. The third-order valence-corrected chi connectivity index (χ3v) is 9.59. The minimum atomic E-state index is 0.728. The van der Waals surface area contributed by atoms with Crippen LogP contribution < -0.4 is 0 Å². The van der Waals surface area contributed by atoms with Crippen molar-refractivity contribution in [2.75, 3.05) is 0 Å². The molecule has 9 aromatic rings. The molecule has 0 saturated heterocycles. The van der Waals surface area contributed by atoms with Crippen molar-refractivity contribution in [2.24, 2.45) is 0 Å². The summed E-state index contributed by atoms with van der Waals surface area (Å²) in [7, 11) is 0. The minimum absolute atomic E-state index is 0.728. The van der Waals surface area contributed by atoms with Gasteiger partial charge in [0.1, 0.15) is 0 Å². The van der Waals surface area contributed by atoms with Crippen LogP contribution in [0.1, 0.15) is 0 Å². The van der Waals surface area contributed by atoms with Crippen LogP contribution in [0.4, 0.5) is 0 Å². The number of hydrogen-bond donors (Lipinski definition) is 0. The van der Waals surface area contributed by atoms with Crippen molar-refractivity contribution in [1.82, 2.24) is 9.97 Å². The van der Waals surface area contributed by atoms with Crippen molar-refractivity contribution in [1.29, 1.82) is 0 Å². The molecule has 0 aliphatic rings. The van der Waals surface area contributed by atoms with Crippen molar-refractivity contribution in [3.8, 4) is 33.9 Å². The summed E-state index contributed by atoms with van der Waals surface area (Å²) in [4.78, 5) is 10.2. The van der Waals surface area contributed by atoms with E-state index >= 15 is 0 Å². The Balaban J connectivity index is 1.32. The second-order valence-corrected chi connectivity index (χ2v) is 12.1. The van der Waals surface area contributed by atoms with Gasteiger partial charge >= 0.3 is 0 Å². The summed E-state index contributed by atoms with van der Waals surface area (Å²) in [5, 5.41) is 10.2. The highest BCUT2D eigenvalue weighted by molar-refractivity contribution is 7.25. The van der Waals surface area contributed by atoms with Crippen LogP contribution >= 0.6 is 11.3 Å². The molecule has 3 heteroatoms. The molecule has 2 aromatic heterocycles. The molecule has 0 saturated carbocycles. The van der Waals surface area contributed by atoms with Gasteiger partial charge in [-0.2, -0.15) is 0 Å². The maximum absolute atomic E-state index is 5.10. The van der Waals surface area contributed by atoms with Gasteiger partial charge in [0.15, 0.2) is 5.82 Å². The number of benzene rings is 7. The summed E-state index contributed by atoms with van der Waals surface area (Å²) in [6.07, 6.45) is 0. The molecule has 0 aliphatic heterocycles. The molecule has 0 atom stereocenters. The van der Waals surface area contributed by atoms with Crippen LogP contribution in [0.5, 0.6) is 0 Å². The first-order valence-electron chi connectivity index (χ1n) is 14.5. The third kappa shape index (κ3) is 3.93. The van der Waals surface area contributed by atoms with E-state index in [2.05, 4.69) is 133 Å². The predicted octanol–water partition coefficient (Wildman–Crippen LogP) is 11.3. The van der Waals surface area contributed by atoms with E-state index in [1.165, 1.54) is 52.5 Å². The first kappa shape index (κ1) is 24.2. The van der Waals surface area contributed by atoms with Gasteiger partial charge in [-0.1, -0.05) is 115 Å². The zero-order valence-electron chi connectivity index (χ0n) is 23.2. The molecule has 0 N–H and O–H groups in total. The van der Waals surface area contributed by atoms with Gasteiger partial charge in [0.25, 0.3) is 0 Å². The molecule has 200 valence electrons. The number of hydrogen-bond acceptors (Lipinski definition) is 3. The summed E-state index contributed by atoms with van der Waals surface area (Å²) >= 11 is 1.87. The Morgan fingerprint density at radius 1 is 0.326 bits per heavy atom. The number of thiophene rings is 1. The van der Waals surface area contributed by atoms with Gasteiger partial charge in [-0.05, 0) is 62.6 Å². The summed E-state index contributed by atoms with van der Waals surface area (Å²) in [5.74, 6) is 0.728. The molecule has 0 spiro atoms. The van der Waals surface area contributed by atoms with Gasteiger partial charge in [0.2, 0.25) is 0 Å². The second-order valence-electron chi connectivity index (χ2n) is 11.0. The number of nitrogens with zero attached hydrogens (tertiary/aromatic N) is 2. The zero-order valence-corrected chi connectivity index (χ0v) is 24.0. The van der Waals surface area contributed by atoms with Gasteiger partial charge in [-0.3, -0.25) is 0 Å². The first-order chi connectivity index (χ1) is 21.3. The second kappa shape index (κ2) is 9.59. The van der Waals surface area contributed by atoms with Gasteiger partial charge in [-0.15, -0.1) is 11.3 Å². The highest BCUT2D eigenvalue weighted by atomic mass is 32.1. The van der Waals surface area contributed by atoms with Crippen LogP contribution in [0.25, 0.3) is 86.4 Å². The van der Waals surface area contributed by atoms with E-state index in [4.69, 9.17) is 9.97 Å². The van der Waals surface area contributed by atoms with E-state index < -0.39 is 0 Å². The van der Waals surface area contributed by atoms with Crippen molar-refractivity contribution in [3.05, 3.63) is 146 Å². The van der Waals surface area contributed by atoms with Gasteiger partial charge in [-0.25, -0.2) is 9.97 Å². The maximum atomic E-state index is 5.10. The lowest BCUT2D eigenvalue weighted by atomic mass is 9.92. The normalized spacial score (nSPS) is 11.7. The van der Waals surface area contributed by atoms with Gasteiger partial charge in [0.05, 0.1) is 11.4 Å². The molecule has 0 bridgehead atoms. The SMILES string of the molecule is c1ccc(-c2cc(-c3ccccc3)nc(-c3ccc4c(c3)c3ccccc3c3cc5c(cc43)sc3ccccc35)n2)cc1. The Labute approximate surface area is 252 Å². The monoisotopic (exact) mass is 564 g/mol. The van der Waals surface area contributed by atoms with Crippen LogP contribution in [0, 0.1) is 0 Å². The lowest BCUT2D eigenvalue weighted by Crippen LogP contribution is -1.96. The van der Waals surface area contributed by atoms with E-state index in [9.17, 15) is 0 Å². The Kier molecular flexibility index (Phi) is 5.40. The van der Waals surface area contributed by atoms with Crippen molar-refractivity contribution in [2.45, 2.75) is 0 Å². The average molecular weight is 565 g/mol. The van der Waals surface area contributed by atoms with E-state index in [1.54, 1.807) is 0 Å². The topological polar surface area (TPSA) is 25.8 Å². The Morgan fingerprint density at radius 2 is 0.860 bits per heavy atom. The fraction of sp³-hybridized carbons (Fsp3) is 0. The van der Waals surface area contributed by atoms with Crippen LogP contribution in [0.15, 0.2) is 146 Å². The molecule has 0 amide bonds. The summed E-state index contributed by atoms with van der Waals surface area (Å²) in [6, 6.07) is 51.8. The highest BCUT2D eigenvalue weighted by Gasteiger charge is 2.15. The Hall–Kier alpha value is -5.38. The molecule has 43 heavy (non-hydrogen) atoms. The van der Waals surface area contributed by atoms with Crippen LogP contribution in [0.2, 0.25) is 0 Å². The maximum Gasteiger partial charge on any atom is 0.160 e. The van der Waals surface area contributed by atoms with Gasteiger partial charge < -0.3 is 0 Å². The largest absolute Gasteiger partial charge is 0.228 e. The fourth-order valence-corrected chi connectivity index (χ4v) is 7.53. The molecule has 9 rings (SSSR count). The Bertz CT molecular complexity index is 2440. The number of fused-ring (bicyclic) bond motifs is 9. The van der Waals surface area contributed by atoms with Crippen LogP contribution in [-0.2, 0) is 0 Å². The molecule has 7 aromatic carbocycles. The molecule has 0 aliphatic carbocycles. The zero-order chi connectivity index (χ0) is 28.3. The predicted molar refractivity (Wildman–Crippen MR) is 184 cm³/mol. The van der Waals surface area contributed by atoms with Crippen molar-refractivity contribution < 1.29 is 0 Å². The standard InChI is InChI=1S/C40H24N2S/c1-3-11-25(12-4-1)36-24-37(26-13-5-2-6-14-26)42-40(41-36)27-19-20-30-32(21-27)28-15-7-8-16-29(28)33-22-35-31-17-9-10-18-38(31)43-39(35)23-34(30)33/h1-24H. The molecule has 0 fully saturated rings. The van der Waals surface area contributed by atoms with Crippen LogP contribution in [-0.4, -0.2) is 9.97 Å². The summed E-state index contributed by atoms with van der Waals surface area (Å²) < 4.78 is 2.65.